The number of hydrogen-bond acceptors (Lipinski definition) is 5. The monoisotopic (exact) mass is 524 g/mol. The van der Waals surface area contributed by atoms with E-state index in [0.29, 0.717) is 33.8 Å². The highest BCUT2D eigenvalue weighted by Gasteiger charge is 2.30. The minimum atomic E-state index is -4.44. The number of ether oxygens (including phenoxy) is 1. The van der Waals surface area contributed by atoms with Crippen LogP contribution in [0.25, 0.3) is 22.5 Å². The predicted octanol–water partition coefficient (Wildman–Crippen LogP) is 6.75. The van der Waals surface area contributed by atoms with Gasteiger partial charge in [-0.25, -0.2) is 4.79 Å². The number of aromatic nitrogens is 1. The zero-order valence-electron chi connectivity index (χ0n) is 20.2. The summed E-state index contributed by atoms with van der Waals surface area (Å²) in [5.41, 5.74) is 3.53. The Balaban J connectivity index is 1.39. The number of alkyl halides is 3. The Labute approximate surface area is 215 Å². The molecule has 0 spiro atoms. The third kappa shape index (κ3) is 6.58. The molecule has 0 aliphatic rings. The second-order valence-corrected chi connectivity index (χ2v) is 8.53. The van der Waals surface area contributed by atoms with Crippen LogP contribution in [0.15, 0.2) is 77.3 Å². The van der Waals surface area contributed by atoms with Crippen molar-refractivity contribution in [1.82, 2.24) is 5.16 Å². The number of aryl methyl sites for hydroxylation is 1. The predicted molar refractivity (Wildman–Crippen MR) is 134 cm³/mol. The molecule has 196 valence electrons. The first-order chi connectivity index (χ1) is 18.1. The van der Waals surface area contributed by atoms with Crippen molar-refractivity contribution in [3.8, 4) is 22.5 Å². The summed E-state index contributed by atoms with van der Waals surface area (Å²) >= 11 is 0. The van der Waals surface area contributed by atoms with E-state index in [1.165, 1.54) is 12.1 Å². The molecule has 0 unspecified atom stereocenters. The largest absolute Gasteiger partial charge is 0.481 e. The number of nitrogens with zero attached hydrogens (tertiary/aromatic N) is 1. The van der Waals surface area contributed by atoms with Crippen molar-refractivity contribution in [3.63, 3.8) is 0 Å². The lowest BCUT2D eigenvalue weighted by Crippen LogP contribution is -2.16. The van der Waals surface area contributed by atoms with Crippen molar-refractivity contribution >= 4 is 17.7 Å². The van der Waals surface area contributed by atoms with Gasteiger partial charge < -0.3 is 14.4 Å². The second-order valence-electron chi connectivity index (χ2n) is 8.53. The van der Waals surface area contributed by atoms with Crippen LogP contribution in [0.1, 0.15) is 22.4 Å². The van der Waals surface area contributed by atoms with E-state index in [0.717, 1.165) is 23.3 Å². The van der Waals surface area contributed by atoms with Gasteiger partial charge in [0.05, 0.1) is 18.6 Å². The number of carboxylic acids is 1. The highest BCUT2D eigenvalue weighted by atomic mass is 19.4. The number of aliphatic carboxylic acids is 1. The molecular weight excluding hydrogens is 501 g/mol. The summed E-state index contributed by atoms with van der Waals surface area (Å²) in [6, 6.07) is 19.4. The van der Waals surface area contributed by atoms with E-state index in [2.05, 4.69) is 10.5 Å². The van der Waals surface area contributed by atoms with Gasteiger partial charge in [0.25, 0.3) is 0 Å². The molecule has 0 aliphatic heterocycles. The molecule has 7 nitrogen and oxygen atoms in total. The van der Waals surface area contributed by atoms with Crippen LogP contribution < -0.4 is 5.32 Å². The van der Waals surface area contributed by atoms with Gasteiger partial charge in [-0.05, 0) is 35.2 Å². The lowest BCUT2D eigenvalue weighted by atomic mass is 10.0. The van der Waals surface area contributed by atoms with Gasteiger partial charge in [-0.2, -0.15) is 13.2 Å². The Hall–Kier alpha value is -4.60. The van der Waals surface area contributed by atoms with E-state index in [9.17, 15) is 22.8 Å². The van der Waals surface area contributed by atoms with Crippen molar-refractivity contribution in [2.45, 2.75) is 25.9 Å². The standard InChI is InChI=1S/C28H23F3N2O5/c1-17-25(32-27(36)37-14-13-18-3-2-4-23(15-18)28(29,30)31)26(38-33-17)22-11-9-21(10-12-22)20-7-5-19(6-8-20)16-24(34)35/h2-12,15H,13-14,16H2,1H3,(H,32,36)(H,34,35). The first-order valence-corrected chi connectivity index (χ1v) is 11.6. The molecule has 1 amide bonds. The van der Waals surface area contributed by atoms with E-state index >= 15 is 0 Å². The minimum absolute atomic E-state index is 0.0481. The highest BCUT2D eigenvalue weighted by Crippen LogP contribution is 2.33. The van der Waals surface area contributed by atoms with Crippen LogP contribution in [0.4, 0.5) is 23.7 Å². The molecule has 0 fully saturated rings. The van der Waals surface area contributed by atoms with E-state index < -0.39 is 23.8 Å². The average molecular weight is 524 g/mol. The van der Waals surface area contributed by atoms with Gasteiger partial charge >= 0.3 is 18.2 Å². The minimum Gasteiger partial charge on any atom is -0.481 e. The third-order valence-corrected chi connectivity index (χ3v) is 5.76. The molecule has 0 saturated carbocycles. The number of halogens is 3. The van der Waals surface area contributed by atoms with Crippen molar-refractivity contribution in [1.29, 1.82) is 0 Å². The fourth-order valence-electron chi connectivity index (χ4n) is 3.82. The Bertz CT molecular complexity index is 1430. The number of benzene rings is 3. The number of carboxylic acid groups (broad SMARTS) is 1. The van der Waals surface area contributed by atoms with Gasteiger partial charge in [-0.3, -0.25) is 10.1 Å². The highest BCUT2D eigenvalue weighted by molar-refractivity contribution is 5.91. The van der Waals surface area contributed by atoms with Gasteiger partial charge in [-0.15, -0.1) is 0 Å². The Kier molecular flexibility index (Phi) is 7.80. The summed E-state index contributed by atoms with van der Waals surface area (Å²) in [4.78, 5) is 23.2. The SMILES string of the molecule is Cc1noc(-c2ccc(-c3ccc(CC(=O)O)cc3)cc2)c1NC(=O)OCCc1cccc(C(F)(F)F)c1. The number of rotatable bonds is 8. The van der Waals surface area contributed by atoms with Crippen LogP contribution in [0.5, 0.6) is 0 Å². The zero-order valence-corrected chi connectivity index (χ0v) is 20.2. The van der Waals surface area contributed by atoms with Crippen LogP contribution in [0.3, 0.4) is 0 Å². The van der Waals surface area contributed by atoms with Crippen molar-refractivity contribution in [2.75, 3.05) is 11.9 Å². The van der Waals surface area contributed by atoms with E-state index in [-0.39, 0.29) is 19.4 Å². The molecule has 0 saturated heterocycles. The molecule has 0 radical (unpaired) electrons. The average Bonchev–Trinajstić information content (AvgIpc) is 3.23. The number of hydrogen-bond donors (Lipinski definition) is 2. The van der Waals surface area contributed by atoms with Crippen LogP contribution >= 0.6 is 0 Å². The molecule has 1 heterocycles. The molecule has 10 heteroatoms. The maximum Gasteiger partial charge on any atom is 0.416 e. The summed E-state index contributed by atoms with van der Waals surface area (Å²) in [5, 5.41) is 15.4. The number of nitrogens with one attached hydrogen (secondary N) is 1. The van der Waals surface area contributed by atoms with Gasteiger partial charge in [0.2, 0.25) is 0 Å². The first kappa shape index (κ1) is 26.5. The van der Waals surface area contributed by atoms with Crippen LogP contribution in [0, 0.1) is 6.92 Å². The molecule has 4 rings (SSSR count). The van der Waals surface area contributed by atoms with Crippen LogP contribution in [-0.4, -0.2) is 28.9 Å². The molecule has 0 atom stereocenters. The van der Waals surface area contributed by atoms with Crippen LogP contribution in [0.2, 0.25) is 0 Å². The fourth-order valence-corrected chi connectivity index (χ4v) is 3.82. The fraction of sp³-hybridized carbons (Fsp3) is 0.179. The van der Waals surface area contributed by atoms with E-state index in [1.807, 2.05) is 24.3 Å². The lowest BCUT2D eigenvalue weighted by molar-refractivity contribution is -0.138. The number of anilines is 1. The molecule has 3 aromatic carbocycles. The van der Waals surface area contributed by atoms with Gasteiger partial charge in [-0.1, -0.05) is 71.9 Å². The molecule has 2 N–H and O–H groups in total. The van der Waals surface area contributed by atoms with E-state index in [4.69, 9.17) is 14.4 Å². The zero-order chi connectivity index (χ0) is 27.3. The van der Waals surface area contributed by atoms with E-state index in [1.54, 1.807) is 31.2 Å². The third-order valence-electron chi connectivity index (χ3n) is 5.76. The second kappa shape index (κ2) is 11.2. The van der Waals surface area contributed by atoms with Gasteiger partial charge in [0, 0.05) is 12.0 Å². The summed E-state index contributed by atoms with van der Waals surface area (Å²) in [6.07, 6.45) is -5.16. The Morgan fingerprint density at radius 2 is 1.58 bits per heavy atom. The van der Waals surface area contributed by atoms with Gasteiger partial charge in [0.15, 0.2) is 5.76 Å². The molecule has 4 aromatic rings. The molecule has 0 aliphatic carbocycles. The van der Waals surface area contributed by atoms with Crippen LogP contribution in [-0.2, 0) is 28.5 Å². The molecular formula is C28H23F3N2O5. The van der Waals surface area contributed by atoms with Gasteiger partial charge in [0.1, 0.15) is 11.4 Å². The Morgan fingerprint density at radius 3 is 2.21 bits per heavy atom. The number of carbonyl (C=O) groups excluding carboxylic acids is 1. The summed E-state index contributed by atoms with van der Waals surface area (Å²) in [6.45, 7) is 1.53. The first-order valence-electron chi connectivity index (χ1n) is 11.6. The lowest BCUT2D eigenvalue weighted by Gasteiger charge is -2.10. The normalized spacial score (nSPS) is 11.3. The smallest absolute Gasteiger partial charge is 0.416 e. The van der Waals surface area contributed by atoms with Crippen molar-refractivity contribution < 1.29 is 37.1 Å². The number of amides is 1. The Morgan fingerprint density at radius 1 is 0.947 bits per heavy atom. The maximum atomic E-state index is 12.9. The topological polar surface area (TPSA) is 102 Å². The molecule has 0 bridgehead atoms. The maximum absolute atomic E-state index is 12.9. The van der Waals surface area contributed by atoms with Crippen molar-refractivity contribution in [2.24, 2.45) is 0 Å². The summed E-state index contributed by atoms with van der Waals surface area (Å²) in [5.74, 6) is -0.575. The summed E-state index contributed by atoms with van der Waals surface area (Å²) < 4.78 is 49.2. The quantitative estimate of drug-likeness (QED) is 0.264. The number of carbonyl (C=O) groups is 2. The molecule has 1 aromatic heterocycles. The molecule has 38 heavy (non-hydrogen) atoms. The van der Waals surface area contributed by atoms with Crippen molar-refractivity contribution in [3.05, 3.63) is 95.2 Å². The summed E-state index contributed by atoms with van der Waals surface area (Å²) in [7, 11) is 0.